The van der Waals surface area contributed by atoms with Crippen molar-refractivity contribution in [2.75, 3.05) is 5.32 Å². The van der Waals surface area contributed by atoms with Crippen molar-refractivity contribution in [1.82, 2.24) is 5.16 Å². The third-order valence-electron chi connectivity index (χ3n) is 2.62. The molecular formula is C11H9FN2O2. The van der Waals surface area contributed by atoms with Crippen molar-refractivity contribution < 1.29 is 13.7 Å². The van der Waals surface area contributed by atoms with E-state index >= 15 is 0 Å². The molecule has 0 spiro atoms. The van der Waals surface area contributed by atoms with Gasteiger partial charge >= 0.3 is 0 Å². The zero-order chi connectivity index (χ0) is 11.1. The minimum absolute atomic E-state index is 0.0699. The first kappa shape index (κ1) is 9.33. The molecule has 1 N–H and O–H groups in total. The predicted molar refractivity (Wildman–Crippen MR) is 55.3 cm³/mol. The summed E-state index contributed by atoms with van der Waals surface area (Å²) in [7, 11) is 0. The summed E-state index contributed by atoms with van der Waals surface area (Å²) >= 11 is 0. The van der Waals surface area contributed by atoms with Gasteiger partial charge in [0.05, 0.1) is 5.39 Å². The van der Waals surface area contributed by atoms with Gasteiger partial charge in [0.1, 0.15) is 5.82 Å². The fourth-order valence-corrected chi connectivity index (χ4v) is 1.57. The molecule has 0 saturated heterocycles. The van der Waals surface area contributed by atoms with Crippen LogP contribution in [0.2, 0.25) is 0 Å². The van der Waals surface area contributed by atoms with E-state index in [2.05, 4.69) is 10.5 Å². The minimum atomic E-state index is -0.377. The monoisotopic (exact) mass is 220 g/mol. The normalized spacial score (nSPS) is 15.3. The van der Waals surface area contributed by atoms with Gasteiger partial charge in [-0.15, -0.1) is 0 Å². The van der Waals surface area contributed by atoms with Gasteiger partial charge < -0.3 is 9.84 Å². The van der Waals surface area contributed by atoms with E-state index in [-0.39, 0.29) is 17.6 Å². The van der Waals surface area contributed by atoms with Crippen LogP contribution in [0, 0.1) is 11.7 Å². The molecule has 2 aromatic rings. The first-order chi connectivity index (χ1) is 7.74. The number of amides is 1. The molecule has 0 atom stereocenters. The van der Waals surface area contributed by atoms with Crippen molar-refractivity contribution in [1.29, 1.82) is 0 Å². The van der Waals surface area contributed by atoms with Gasteiger partial charge in [-0.1, -0.05) is 5.16 Å². The Bertz CT molecular complexity index is 560. The van der Waals surface area contributed by atoms with Gasteiger partial charge in [0, 0.05) is 5.92 Å². The number of hydrogen-bond acceptors (Lipinski definition) is 3. The maximum atomic E-state index is 13.0. The molecule has 0 radical (unpaired) electrons. The SMILES string of the molecule is O=C(Nc1noc2ccc(F)cc12)C1CC1. The Balaban J connectivity index is 1.96. The summed E-state index contributed by atoms with van der Waals surface area (Å²) in [4.78, 5) is 11.5. The number of nitrogens with one attached hydrogen (secondary N) is 1. The second kappa shape index (κ2) is 3.30. The summed E-state index contributed by atoms with van der Waals surface area (Å²) in [5.74, 6) is -0.0659. The van der Waals surface area contributed by atoms with Crippen LogP contribution >= 0.6 is 0 Å². The van der Waals surface area contributed by atoms with Gasteiger partial charge in [0.25, 0.3) is 0 Å². The number of benzene rings is 1. The summed E-state index contributed by atoms with van der Waals surface area (Å²) in [5.41, 5.74) is 0.465. The first-order valence-electron chi connectivity index (χ1n) is 5.10. The van der Waals surface area contributed by atoms with E-state index in [0.29, 0.717) is 16.8 Å². The van der Waals surface area contributed by atoms with Crippen molar-refractivity contribution in [3.05, 3.63) is 24.0 Å². The lowest BCUT2D eigenvalue weighted by molar-refractivity contribution is -0.117. The summed E-state index contributed by atoms with van der Waals surface area (Å²) in [6.45, 7) is 0. The fourth-order valence-electron chi connectivity index (χ4n) is 1.57. The van der Waals surface area contributed by atoms with Crippen molar-refractivity contribution in [2.24, 2.45) is 5.92 Å². The summed E-state index contributed by atoms with van der Waals surface area (Å²) in [6.07, 6.45) is 1.83. The van der Waals surface area contributed by atoms with Gasteiger partial charge in [-0.3, -0.25) is 4.79 Å². The number of rotatable bonds is 2. The quantitative estimate of drug-likeness (QED) is 0.844. The maximum absolute atomic E-state index is 13.0. The summed E-state index contributed by atoms with van der Waals surface area (Å²) < 4.78 is 18.0. The molecule has 1 heterocycles. The van der Waals surface area contributed by atoms with Crippen LogP contribution in [0.3, 0.4) is 0 Å². The highest BCUT2D eigenvalue weighted by Gasteiger charge is 2.30. The number of halogens is 1. The Kier molecular flexibility index (Phi) is 1.92. The molecule has 0 bridgehead atoms. The molecule has 1 saturated carbocycles. The van der Waals surface area contributed by atoms with Crippen LogP contribution in [0.5, 0.6) is 0 Å². The fraction of sp³-hybridized carbons (Fsp3) is 0.273. The van der Waals surface area contributed by atoms with Crippen molar-refractivity contribution in [3.8, 4) is 0 Å². The predicted octanol–water partition coefficient (Wildman–Crippen LogP) is 2.32. The van der Waals surface area contributed by atoms with Crippen LogP contribution < -0.4 is 5.32 Å². The lowest BCUT2D eigenvalue weighted by atomic mass is 10.2. The Morgan fingerprint density at radius 1 is 1.50 bits per heavy atom. The number of carbonyl (C=O) groups is 1. The number of nitrogens with zero attached hydrogens (tertiary/aromatic N) is 1. The molecule has 1 aromatic heterocycles. The van der Waals surface area contributed by atoms with Crippen LogP contribution in [-0.4, -0.2) is 11.1 Å². The Morgan fingerprint density at radius 3 is 3.06 bits per heavy atom. The highest BCUT2D eigenvalue weighted by Crippen LogP contribution is 2.31. The third-order valence-corrected chi connectivity index (χ3v) is 2.62. The van der Waals surface area contributed by atoms with Gasteiger partial charge in [-0.25, -0.2) is 4.39 Å². The summed E-state index contributed by atoms with van der Waals surface area (Å²) in [6, 6.07) is 4.08. The molecule has 0 unspecified atom stereocenters. The van der Waals surface area contributed by atoms with E-state index in [9.17, 15) is 9.18 Å². The second-order valence-electron chi connectivity index (χ2n) is 3.94. The highest BCUT2D eigenvalue weighted by molar-refractivity contribution is 6.00. The van der Waals surface area contributed by atoms with Crippen LogP contribution in [-0.2, 0) is 4.79 Å². The van der Waals surface area contributed by atoms with E-state index in [4.69, 9.17) is 4.52 Å². The van der Waals surface area contributed by atoms with Crippen LogP contribution in [0.1, 0.15) is 12.8 Å². The molecular weight excluding hydrogens is 211 g/mol. The van der Waals surface area contributed by atoms with Gasteiger partial charge in [-0.05, 0) is 31.0 Å². The Morgan fingerprint density at radius 2 is 2.31 bits per heavy atom. The van der Waals surface area contributed by atoms with Gasteiger partial charge in [0.15, 0.2) is 11.4 Å². The topological polar surface area (TPSA) is 55.1 Å². The molecule has 3 rings (SSSR count). The number of carbonyl (C=O) groups excluding carboxylic acids is 1. The van der Waals surface area contributed by atoms with Crippen LogP contribution in [0.25, 0.3) is 11.0 Å². The standard InChI is InChI=1S/C11H9FN2O2/c12-7-3-4-9-8(5-7)10(14-16-9)13-11(15)6-1-2-6/h3-6H,1-2H2,(H,13,14,15). The zero-order valence-electron chi connectivity index (χ0n) is 8.37. The minimum Gasteiger partial charge on any atom is -0.354 e. The molecule has 1 amide bonds. The number of hydrogen-bond donors (Lipinski definition) is 1. The van der Waals surface area contributed by atoms with Crippen molar-refractivity contribution >= 4 is 22.7 Å². The van der Waals surface area contributed by atoms with Crippen molar-refractivity contribution in [2.45, 2.75) is 12.8 Å². The molecule has 16 heavy (non-hydrogen) atoms. The van der Waals surface area contributed by atoms with Gasteiger partial charge in [0.2, 0.25) is 5.91 Å². The van der Waals surface area contributed by atoms with Crippen LogP contribution in [0.15, 0.2) is 22.7 Å². The lowest BCUT2D eigenvalue weighted by Gasteiger charge is -1.98. The van der Waals surface area contributed by atoms with E-state index in [1.54, 1.807) is 0 Å². The summed E-state index contributed by atoms with van der Waals surface area (Å²) in [5, 5.41) is 6.85. The smallest absolute Gasteiger partial charge is 0.228 e. The molecule has 1 aromatic carbocycles. The maximum Gasteiger partial charge on any atom is 0.228 e. The van der Waals surface area contributed by atoms with E-state index in [0.717, 1.165) is 12.8 Å². The Labute approximate surface area is 90.4 Å². The lowest BCUT2D eigenvalue weighted by Crippen LogP contribution is -2.13. The first-order valence-corrected chi connectivity index (χ1v) is 5.10. The largest absolute Gasteiger partial charge is 0.354 e. The average Bonchev–Trinajstić information content (AvgIpc) is 3.04. The van der Waals surface area contributed by atoms with Crippen LogP contribution in [0.4, 0.5) is 10.2 Å². The highest BCUT2D eigenvalue weighted by atomic mass is 19.1. The molecule has 1 fully saturated rings. The zero-order valence-corrected chi connectivity index (χ0v) is 8.37. The molecule has 82 valence electrons. The van der Waals surface area contributed by atoms with E-state index in [1.807, 2.05) is 0 Å². The average molecular weight is 220 g/mol. The molecule has 5 heteroatoms. The van der Waals surface area contributed by atoms with Gasteiger partial charge in [-0.2, -0.15) is 0 Å². The van der Waals surface area contributed by atoms with Crippen molar-refractivity contribution in [3.63, 3.8) is 0 Å². The Hall–Kier alpha value is -1.91. The number of fused-ring (bicyclic) bond motifs is 1. The molecule has 1 aliphatic rings. The molecule has 4 nitrogen and oxygen atoms in total. The van der Waals surface area contributed by atoms with E-state index < -0.39 is 0 Å². The number of anilines is 1. The number of aromatic nitrogens is 1. The molecule has 1 aliphatic carbocycles. The second-order valence-corrected chi connectivity index (χ2v) is 3.94. The third kappa shape index (κ3) is 1.54. The molecule has 0 aliphatic heterocycles. The van der Waals surface area contributed by atoms with E-state index in [1.165, 1.54) is 18.2 Å².